The van der Waals surface area contributed by atoms with Gasteiger partial charge in [0, 0.05) is 14.7 Å². The van der Waals surface area contributed by atoms with Crippen LogP contribution < -0.4 is 0 Å². The molecule has 0 unspecified atom stereocenters. The first-order chi connectivity index (χ1) is 8.70. The van der Waals surface area contributed by atoms with Crippen LogP contribution in [0.5, 0.6) is 0 Å². The van der Waals surface area contributed by atoms with Gasteiger partial charge in [0.1, 0.15) is 0 Å². The van der Waals surface area contributed by atoms with Gasteiger partial charge in [-0.1, -0.05) is 37.6 Å². The van der Waals surface area contributed by atoms with E-state index in [2.05, 4.69) is 29.5 Å². The second kappa shape index (κ2) is 6.14. The van der Waals surface area contributed by atoms with Crippen LogP contribution in [0.25, 0.3) is 0 Å². The Morgan fingerprint density at radius 2 is 1.44 bits per heavy atom. The molecular weight excluding hydrogens is 335 g/mol. The molecule has 0 heterocycles. The van der Waals surface area contributed by atoms with Crippen LogP contribution in [0.3, 0.4) is 0 Å². The Labute approximate surface area is 121 Å². The van der Waals surface area contributed by atoms with Crippen molar-refractivity contribution in [2.24, 2.45) is 0 Å². The molecule has 0 saturated carbocycles. The van der Waals surface area contributed by atoms with Crippen LogP contribution in [-0.4, -0.2) is 5.78 Å². The Bertz CT molecular complexity index is 526. The van der Waals surface area contributed by atoms with E-state index in [1.165, 1.54) is 5.56 Å². The van der Waals surface area contributed by atoms with Crippen molar-refractivity contribution in [1.82, 2.24) is 0 Å². The summed E-state index contributed by atoms with van der Waals surface area (Å²) in [6, 6.07) is 15.6. The summed E-state index contributed by atoms with van der Waals surface area (Å²) in [5.74, 6) is 0.0921. The highest BCUT2D eigenvalue weighted by molar-refractivity contribution is 14.1. The third kappa shape index (κ3) is 3.19. The van der Waals surface area contributed by atoms with E-state index in [1.807, 2.05) is 48.5 Å². The predicted octanol–water partition coefficient (Wildman–Crippen LogP) is 4.47. The number of carbonyl (C=O) groups is 1. The smallest absolute Gasteiger partial charge is 0.193 e. The molecule has 0 atom stereocenters. The molecule has 92 valence electrons. The summed E-state index contributed by atoms with van der Waals surface area (Å²) in [6.07, 6.45) is 2.20. The average Bonchev–Trinajstić information content (AvgIpc) is 2.40. The first-order valence-corrected chi connectivity index (χ1v) is 7.18. The van der Waals surface area contributed by atoms with Crippen molar-refractivity contribution in [1.29, 1.82) is 0 Å². The molecule has 0 aliphatic carbocycles. The van der Waals surface area contributed by atoms with Gasteiger partial charge < -0.3 is 0 Å². The molecule has 2 aromatic carbocycles. The van der Waals surface area contributed by atoms with E-state index in [1.54, 1.807) is 0 Å². The lowest BCUT2D eigenvalue weighted by molar-refractivity contribution is 0.103. The van der Waals surface area contributed by atoms with Crippen molar-refractivity contribution < 1.29 is 4.79 Å². The third-order valence-corrected chi connectivity index (χ3v) is 3.58. The van der Waals surface area contributed by atoms with Gasteiger partial charge in [-0.05, 0) is 58.8 Å². The second-order valence-corrected chi connectivity index (χ2v) is 5.53. The second-order valence-electron chi connectivity index (χ2n) is 4.28. The average molecular weight is 350 g/mol. The largest absolute Gasteiger partial charge is 0.289 e. The summed E-state index contributed by atoms with van der Waals surface area (Å²) in [7, 11) is 0. The number of rotatable bonds is 4. The van der Waals surface area contributed by atoms with Gasteiger partial charge >= 0.3 is 0 Å². The fourth-order valence-electron chi connectivity index (χ4n) is 1.88. The maximum atomic E-state index is 12.2. The highest BCUT2D eigenvalue weighted by Gasteiger charge is 2.08. The van der Waals surface area contributed by atoms with Crippen LogP contribution in [-0.2, 0) is 6.42 Å². The molecule has 0 saturated heterocycles. The normalized spacial score (nSPS) is 10.3. The molecule has 0 fully saturated rings. The standard InChI is InChI=1S/C16H15IO/c1-2-3-12-4-6-13(7-5-12)16(18)14-8-10-15(17)11-9-14/h4-11H,2-3H2,1H3. The Hall–Kier alpha value is -1.16. The Morgan fingerprint density at radius 1 is 0.944 bits per heavy atom. The number of ketones is 1. The van der Waals surface area contributed by atoms with Crippen LogP contribution in [0.4, 0.5) is 0 Å². The number of hydrogen-bond donors (Lipinski definition) is 0. The molecule has 1 nitrogen and oxygen atoms in total. The van der Waals surface area contributed by atoms with Gasteiger partial charge in [-0.3, -0.25) is 4.79 Å². The summed E-state index contributed by atoms with van der Waals surface area (Å²) < 4.78 is 1.14. The summed E-state index contributed by atoms with van der Waals surface area (Å²) in [5, 5.41) is 0. The van der Waals surface area contributed by atoms with Crippen molar-refractivity contribution in [3.8, 4) is 0 Å². The van der Waals surface area contributed by atoms with Crippen LogP contribution in [0, 0.1) is 3.57 Å². The van der Waals surface area contributed by atoms with Crippen LogP contribution in [0.1, 0.15) is 34.8 Å². The molecule has 0 N–H and O–H groups in total. The van der Waals surface area contributed by atoms with Gasteiger partial charge in [-0.25, -0.2) is 0 Å². The number of hydrogen-bond acceptors (Lipinski definition) is 1. The molecule has 0 aromatic heterocycles. The fraction of sp³-hybridized carbons (Fsp3) is 0.188. The van der Waals surface area contributed by atoms with Gasteiger partial charge in [0.05, 0.1) is 0 Å². The maximum absolute atomic E-state index is 12.2. The van der Waals surface area contributed by atoms with Crippen molar-refractivity contribution >= 4 is 28.4 Å². The Kier molecular flexibility index (Phi) is 4.53. The predicted molar refractivity (Wildman–Crippen MR) is 83.0 cm³/mol. The van der Waals surface area contributed by atoms with Crippen molar-refractivity contribution in [2.45, 2.75) is 19.8 Å². The zero-order valence-corrected chi connectivity index (χ0v) is 12.5. The molecule has 0 aliphatic rings. The van der Waals surface area contributed by atoms with E-state index in [4.69, 9.17) is 0 Å². The molecule has 0 aliphatic heterocycles. The van der Waals surface area contributed by atoms with Gasteiger partial charge in [0.25, 0.3) is 0 Å². The molecule has 2 rings (SSSR count). The topological polar surface area (TPSA) is 17.1 Å². The van der Waals surface area contributed by atoms with E-state index in [-0.39, 0.29) is 5.78 Å². The zero-order valence-electron chi connectivity index (χ0n) is 10.3. The minimum atomic E-state index is 0.0921. The van der Waals surface area contributed by atoms with Crippen molar-refractivity contribution in [3.05, 3.63) is 68.8 Å². The van der Waals surface area contributed by atoms with Gasteiger partial charge in [-0.2, -0.15) is 0 Å². The molecule has 2 heteroatoms. The summed E-state index contributed by atoms with van der Waals surface area (Å²) >= 11 is 2.24. The lowest BCUT2D eigenvalue weighted by Crippen LogP contribution is -2.01. The number of benzene rings is 2. The SMILES string of the molecule is CCCc1ccc(C(=O)c2ccc(I)cc2)cc1. The molecule has 2 aromatic rings. The summed E-state index contributed by atoms with van der Waals surface area (Å²) in [5.41, 5.74) is 2.80. The monoisotopic (exact) mass is 350 g/mol. The number of aryl methyl sites for hydroxylation is 1. The Balaban J connectivity index is 2.20. The van der Waals surface area contributed by atoms with Gasteiger partial charge in [0.2, 0.25) is 0 Å². The zero-order chi connectivity index (χ0) is 13.0. The molecule has 0 radical (unpaired) electrons. The van der Waals surface area contributed by atoms with Gasteiger partial charge in [0.15, 0.2) is 5.78 Å². The van der Waals surface area contributed by atoms with Crippen LogP contribution in [0.2, 0.25) is 0 Å². The van der Waals surface area contributed by atoms with E-state index < -0.39 is 0 Å². The molecule has 0 bridgehead atoms. The number of halogens is 1. The highest BCUT2D eigenvalue weighted by Crippen LogP contribution is 2.13. The third-order valence-electron chi connectivity index (χ3n) is 2.86. The van der Waals surface area contributed by atoms with Crippen molar-refractivity contribution in [3.63, 3.8) is 0 Å². The lowest BCUT2D eigenvalue weighted by Gasteiger charge is -2.03. The van der Waals surface area contributed by atoms with Crippen LogP contribution in [0.15, 0.2) is 48.5 Å². The van der Waals surface area contributed by atoms with Crippen molar-refractivity contribution in [2.75, 3.05) is 0 Å². The molecule has 0 amide bonds. The minimum Gasteiger partial charge on any atom is -0.289 e. The molecular formula is C16H15IO. The maximum Gasteiger partial charge on any atom is 0.193 e. The summed E-state index contributed by atoms with van der Waals surface area (Å²) in [4.78, 5) is 12.2. The highest BCUT2D eigenvalue weighted by atomic mass is 127. The molecule has 0 spiro atoms. The lowest BCUT2D eigenvalue weighted by atomic mass is 10.0. The fourth-order valence-corrected chi connectivity index (χ4v) is 2.24. The van der Waals surface area contributed by atoms with E-state index in [9.17, 15) is 4.79 Å². The molecule has 18 heavy (non-hydrogen) atoms. The number of carbonyl (C=O) groups excluding carboxylic acids is 1. The van der Waals surface area contributed by atoms with Crippen LogP contribution >= 0.6 is 22.6 Å². The van der Waals surface area contributed by atoms with E-state index in [0.717, 1.165) is 27.5 Å². The Morgan fingerprint density at radius 3 is 1.94 bits per heavy atom. The summed E-state index contributed by atoms with van der Waals surface area (Å²) in [6.45, 7) is 2.16. The van der Waals surface area contributed by atoms with E-state index >= 15 is 0 Å². The first kappa shape index (κ1) is 13.3. The van der Waals surface area contributed by atoms with E-state index in [0.29, 0.717) is 0 Å². The minimum absolute atomic E-state index is 0.0921. The first-order valence-electron chi connectivity index (χ1n) is 6.10. The van der Waals surface area contributed by atoms with Gasteiger partial charge in [-0.15, -0.1) is 0 Å². The quantitative estimate of drug-likeness (QED) is 0.587.